The zero-order valence-corrected chi connectivity index (χ0v) is 78.5. The fraction of sp³-hybridized carbons (Fsp3) is 0.407. The maximum Gasteiger partial charge on any atom is 0.119 e. The Morgan fingerprint density at radius 2 is 0.415 bits per heavy atom. The van der Waals surface area contributed by atoms with Gasteiger partial charge >= 0.3 is 0 Å². The van der Waals surface area contributed by atoms with E-state index in [0.29, 0.717) is 26.4 Å². The van der Waals surface area contributed by atoms with Crippen molar-refractivity contribution in [2.45, 2.75) is 285 Å². The molecular formula is C118H142N8O4. The number of unbranched alkanes of at least 4 members (excludes halogenated alkanes) is 36. The van der Waals surface area contributed by atoms with E-state index in [1.807, 2.05) is 0 Å². The Hall–Kier alpha value is -11.5. The minimum atomic E-state index is 0.689. The highest BCUT2D eigenvalue weighted by Crippen LogP contribution is 2.45. The van der Waals surface area contributed by atoms with Gasteiger partial charge in [0.25, 0.3) is 0 Å². The van der Waals surface area contributed by atoms with Crippen LogP contribution in [0.15, 0.2) is 182 Å². The number of benzene rings is 5. The Bertz CT molecular complexity index is 5400. The first-order chi connectivity index (χ1) is 64.3. The minimum Gasteiger partial charge on any atom is -0.494 e. The molecule has 4 N–H and O–H groups in total. The molecule has 0 saturated carbocycles. The molecule has 16 bridgehead atoms. The van der Waals surface area contributed by atoms with E-state index < -0.39 is 0 Å². The molecule has 0 unspecified atom stereocenters. The summed E-state index contributed by atoms with van der Waals surface area (Å²) in [4.78, 5) is 38.7. The van der Waals surface area contributed by atoms with Crippen LogP contribution >= 0.6 is 0 Å². The molecular weight excluding hydrogens is 1590 g/mol. The van der Waals surface area contributed by atoms with Crippen molar-refractivity contribution in [3.05, 3.63) is 228 Å². The lowest BCUT2D eigenvalue weighted by atomic mass is 9.92. The van der Waals surface area contributed by atoms with Crippen molar-refractivity contribution in [3.8, 4) is 89.8 Å². The zero-order valence-electron chi connectivity index (χ0n) is 78.5. The third-order valence-electron chi connectivity index (χ3n) is 26.3. The van der Waals surface area contributed by atoms with E-state index in [0.717, 1.165) is 205 Å². The van der Waals surface area contributed by atoms with E-state index in [2.05, 4.69) is 278 Å². The molecule has 130 heavy (non-hydrogen) atoms. The lowest BCUT2D eigenvalue weighted by Crippen LogP contribution is -1.97. The van der Waals surface area contributed by atoms with Gasteiger partial charge in [0.15, 0.2) is 0 Å². The van der Waals surface area contributed by atoms with Crippen LogP contribution in [-0.4, -0.2) is 66.3 Å². The van der Waals surface area contributed by atoms with Crippen LogP contribution in [0.3, 0.4) is 0 Å². The highest BCUT2D eigenvalue weighted by Gasteiger charge is 2.25. The molecule has 678 valence electrons. The van der Waals surface area contributed by atoms with E-state index >= 15 is 0 Å². The molecule has 0 spiro atoms. The van der Waals surface area contributed by atoms with Gasteiger partial charge in [-0.1, -0.05) is 332 Å². The largest absolute Gasteiger partial charge is 0.494 e. The second-order valence-electron chi connectivity index (χ2n) is 36.5. The number of hydrogen-bond acceptors (Lipinski definition) is 8. The fourth-order valence-corrected chi connectivity index (χ4v) is 19.0. The Balaban J connectivity index is 0.849. The molecule has 0 radical (unpaired) electrons. The van der Waals surface area contributed by atoms with Crippen molar-refractivity contribution in [1.82, 2.24) is 39.9 Å². The van der Waals surface area contributed by atoms with E-state index in [1.54, 1.807) is 0 Å². The lowest BCUT2D eigenvalue weighted by Gasteiger charge is -2.13. The molecule has 0 amide bonds. The van der Waals surface area contributed by atoms with Crippen LogP contribution in [0.2, 0.25) is 0 Å². The molecule has 0 fully saturated rings. The summed E-state index contributed by atoms with van der Waals surface area (Å²) in [5.41, 5.74) is 25.6. The number of nitrogens with one attached hydrogen (secondary N) is 4. The highest BCUT2D eigenvalue weighted by atomic mass is 16.5. The second-order valence-corrected chi connectivity index (χ2v) is 36.5. The third-order valence-corrected chi connectivity index (χ3v) is 26.3. The smallest absolute Gasteiger partial charge is 0.119 e. The summed E-state index contributed by atoms with van der Waals surface area (Å²) in [7, 11) is 0. The molecule has 4 aliphatic rings. The number of aromatic amines is 4. The van der Waals surface area contributed by atoms with Gasteiger partial charge in [-0.05, 0) is 217 Å². The van der Waals surface area contributed by atoms with E-state index in [1.165, 1.54) is 231 Å². The molecule has 4 aliphatic heterocycles. The summed E-state index contributed by atoms with van der Waals surface area (Å²) < 4.78 is 26.0. The number of ether oxygens (including phenoxy) is 4. The molecule has 5 aromatic carbocycles. The predicted molar refractivity (Wildman–Crippen MR) is 553 cm³/mol. The molecule has 6 aromatic heterocycles. The summed E-state index contributed by atoms with van der Waals surface area (Å²) >= 11 is 0. The van der Waals surface area contributed by atoms with Crippen molar-refractivity contribution in [3.63, 3.8) is 0 Å². The molecule has 0 atom stereocenters. The van der Waals surface area contributed by atoms with Gasteiger partial charge in [-0.2, -0.15) is 0 Å². The first kappa shape index (κ1) is 93.2. The molecule has 10 heterocycles. The molecule has 0 saturated heterocycles. The topological polar surface area (TPSA) is 152 Å². The number of hydrogen-bond donors (Lipinski definition) is 4. The maximum absolute atomic E-state index is 6.50. The molecule has 12 heteroatoms. The van der Waals surface area contributed by atoms with Gasteiger partial charge in [0, 0.05) is 77.5 Å². The quantitative estimate of drug-likeness (QED) is 0.0275. The Kier molecular flexibility index (Phi) is 35.9. The third kappa shape index (κ3) is 26.2. The normalized spacial score (nSPS) is 12.2. The second kappa shape index (κ2) is 50.1. The Morgan fingerprint density at radius 3 is 0.685 bits per heavy atom. The van der Waals surface area contributed by atoms with Crippen molar-refractivity contribution in [2.24, 2.45) is 0 Å². The van der Waals surface area contributed by atoms with Crippen LogP contribution in [0, 0.1) is 0 Å². The van der Waals surface area contributed by atoms with Gasteiger partial charge in [0.2, 0.25) is 0 Å². The van der Waals surface area contributed by atoms with Crippen molar-refractivity contribution in [1.29, 1.82) is 0 Å². The molecule has 0 aliphatic carbocycles. The summed E-state index contributed by atoms with van der Waals surface area (Å²) in [6.45, 7) is 11.9. The van der Waals surface area contributed by atoms with Gasteiger partial charge < -0.3 is 38.9 Å². The van der Waals surface area contributed by atoms with E-state index in [-0.39, 0.29) is 0 Å². The standard InChI is InChI=1S/C118H142N8O4/c1-5-9-13-17-21-25-29-33-37-43-81-127-95-61-49-87(50-62-95)113-101-69-57-91(119-101)85-92-58-70-102(120-92)114(88-51-63-96(64-52-88)128-82-44-38-34-30-26-22-18-14-10-6-2)106-74-78-110(124-106)117(109-77-73-105(113)123-109)99-47-41-42-48-100(99)118-111-79-75-107(125-111)115(89-53-65-97(66-54-89)129-83-45-39-35-31-27-23-19-15-11-7-3)103-71-59-93(121-103)86-94-60-72-104(122-94)116(108-76-80-112(118)126-108)90-55-67-98(68-56-90)130-84-46-40-36-32-28-24-20-16-12-8-4/h41-42,47-80,85-86,119,121,124,126H,5-40,43-46,81-84H2,1-4H3. The first-order valence-electron chi connectivity index (χ1n) is 50.6. The van der Waals surface area contributed by atoms with Gasteiger partial charge in [0.1, 0.15) is 23.0 Å². The van der Waals surface area contributed by atoms with Crippen LogP contribution in [0.4, 0.5) is 0 Å². The number of aromatic nitrogens is 8. The predicted octanol–water partition coefficient (Wildman–Crippen LogP) is 34.8. The first-order valence-corrected chi connectivity index (χ1v) is 50.6. The van der Waals surface area contributed by atoms with Gasteiger partial charge in [0.05, 0.1) is 72.0 Å². The Morgan fingerprint density at radius 1 is 0.200 bits per heavy atom. The fourth-order valence-electron chi connectivity index (χ4n) is 19.0. The summed E-state index contributed by atoms with van der Waals surface area (Å²) in [6.07, 6.45) is 68.5. The van der Waals surface area contributed by atoms with Gasteiger partial charge in [-0.25, -0.2) is 19.9 Å². The Labute approximate surface area is 774 Å². The highest BCUT2D eigenvalue weighted by molar-refractivity contribution is 6.05. The van der Waals surface area contributed by atoms with Gasteiger partial charge in [-0.15, -0.1) is 0 Å². The van der Waals surface area contributed by atoms with Crippen molar-refractivity contribution < 1.29 is 18.9 Å². The lowest BCUT2D eigenvalue weighted by molar-refractivity contribution is 0.304. The van der Waals surface area contributed by atoms with Crippen molar-refractivity contribution in [2.75, 3.05) is 26.4 Å². The average molecular weight is 1740 g/mol. The zero-order chi connectivity index (χ0) is 88.9. The van der Waals surface area contributed by atoms with E-state index in [9.17, 15) is 0 Å². The van der Waals surface area contributed by atoms with Crippen molar-refractivity contribution >= 4 is 92.7 Å². The molecule has 11 aromatic rings. The maximum atomic E-state index is 6.50. The molecule has 12 nitrogen and oxygen atoms in total. The molecule has 15 rings (SSSR count). The number of nitrogens with zero attached hydrogens (tertiary/aromatic N) is 4. The van der Waals surface area contributed by atoms with Crippen LogP contribution < -0.4 is 18.9 Å². The number of fused-ring (bicyclic) bond motifs is 16. The summed E-state index contributed by atoms with van der Waals surface area (Å²) in [5.74, 6) is 3.44. The number of rotatable bonds is 54. The summed E-state index contributed by atoms with van der Waals surface area (Å²) in [6, 6.07) is 65.2. The van der Waals surface area contributed by atoms with Crippen LogP contribution in [-0.2, 0) is 0 Å². The van der Waals surface area contributed by atoms with E-state index in [4.69, 9.17) is 38.9 Å². The summed E-state index contributed by atoms with van der Waals surface area (Å²) in [5, 5.41) is 0. The monoisotopic (exact) mass is 1740 g/mol. The SMILES string of the molecule is CCCCCCCCCCCCOc1ccc(-c2c3nc(c(-c4ccccc4-c4c5nc(c(-c6ccc(OCCCCCCCCCCCC)cc6)c6ccc(cc7nc(c(-c8ccc(OCCCCCCCCCCCC)cc8)c8ccc4[nH]8)C=C7)[nH]6)C=C5)c4ccc([nH]4)c(-c4ccc(OCCCCCCCCCCCC)cc4)c4nc(cc5ccc2[nH]5)C=C4)C=C3)cc1. The van der Waals surface area contributed by atoms with Crippen LogP contribution in [0.1, 0.15) is 330 Å². The average Bonchev–Trinajstić information content (AvgIpc) is 1.60. The van der Waals surface area contributed by atoms with Crippen LogP contribution in [0.25, 0.3) is 160 Å². The number of H-pyrrole nitrogens is 4. The van der Waals surface area contributed by atoms with Gasteiger partial charge in [-0.3, -0.25) is 0 Å². The minimum absolute atomic E-state index is 0.689. The van der Waals surface area contributed by atoms with Crippen LogP contribution in [0.5, 0.6) is 23.0 Å².